The molecule has 1 unspecified atom stereocenters. The molecule has 0 radical (unpaired) electrons. The van der Waals surface area contributed by atoms with Gasteiger partial charge >= 0.3 is 0 Å². The number of halogens is 1. The van der Waals surface area contributed by atoms with Crippen LogP contribution >= 0.6 is 11.6 Å². The number of fused-ring (bicyclic) bond motifs is 1. The van der Waals surface area contributed by atoms with Crippen LogP contribution in [-0.4, -0.2) is 24.0 Å². The maximum atomic E-state index is 6.32. The maximum Gasteiger partial charge on any atom is 0.134 e. The Morgan fingerprint density at radius 3 is 2.83 bits per heavy atom. The maximum absolute atomic E-state index is 6.32. The molecular weight excluding hydrogens is 318 g/mol. The monoisotopic (exact) mass is 339 g/mol. The summed E-state index contributed by atoms with van der Waals surface area (Å²) in [4.78, 5) is 2.56. The smallest absolute Gasteiger partial charge is 0.134 e. The molecule has 0 spiro atoms. The first-order chi connectivity index (χ1) is 11.7. The number of likely N-dealkylation sites (tertiary alicyclic amines) is 1. The predicted octanol–water partition coefficient (Wildman–Crippen LogP) is 5.78. The molecule has 1 aromatic heterocycles. The van der Waals surface area contributed by atoms with Crippen molar-refractivity contribution in [1.29, 1.82) is 0 Å². The van der Waals surface area contributed by atoms with Crippen molar-refractivity contribution in [2.75, 3.05) is 13.1 Å². The first-order valence-electron chi connectivity index (χ1n) is 8.72. The van der Waals surface area contributed by atoms with Crippen molar-refractivity contribution in [1.82, 2.24) is 4.90 Å². The van der Waals surface area contributed by atoms with E-state index < -0.39 is 0 Å². The van der Waals surface area contributed by atoms with E-state index in [9.17, 15) is 0 Å². The Labute approximate surface area is 148 Å². The molecule has 0 saturated carbocycles. The van der Waals surface area contributed by atoms with Crippen molar-refractivity contribution in [3.05, 3.63) is 59.3 Å². The van der Waals surface area contributed by atoms with Gasteiger partial charge in [0.2, 0.25) is 0 Å². The van der Waals surface area contributed by atoms with Crippen LogP contribution in [0.3, 0.4) is 0 Å². The summed E-state index contributed by atoms with van der Waals surface area (Å²) >= 11 is 6.32. The molecule has 2 nitrogen and oxygen atoms in total. The average Bonchev–Trinajstić information content (AvgIpc) is 3.18. The third-order valence-electron chi connectivity index (χ3n) is 5.09. The summed E-state index contributed by atoms with van der Waals surface area (Å²) in [5.74, 6) is 1.07. The number of benzene rings is 2. The average molecular weight is 340 g/mol. The van der Waals surface area contributed by atoms with E-state index in [1.54, 1.807) is 0 Å². The van der Waals surface area contributed by atoms with Crippen LogP contribution < -0.4 is 0 Å². The molecule has 0 aliphatic carbocycles. The first kappa shape index (κ1) is 15.7. The first-order valence-corrected chi connectivity index (χ1v) is 9.10. The Bertz CT molecular complexity index is 854. The predicted molar refractivity (Wildman–Crippen MR) is 101 cm³/mol. The Morgan fingerprint density at radius 1 is 1.17 bits per heavy atom. The molecule has 0 amide bonds. The molecular formula is C21H22ClNO. The quantitative estimate of drug-likeness (QED) is 0.599. The number of hydrogen-bond acceptors (Lipinski definition) is 2. The zero-order valence-electron chi connectivity index (χ0n) is 14.0. The highest BCUT2D eigenvalue weighted by Gasteiger charge is 2.20. The second-order valence-electron chi connectivity index (χ2n) is 6.72. The van der Waals surface area contributed by atoms with E-state index in [1.165, 1.54) is 19.4 Å². The molecule has 0 bridgehead atoms. The number of rotatable bonds is 4. The lowest BCUT2D eigenvalue weighted by Crippen LogP contribution is -2.28. The van der Waals surface area contributed by atoms with Gasteiger partial charge in [-0.15, -0.1) is 0 Å². The minimum atomic E-state index is 0.709. The largest absolute Gasteiger partial charge is 0.461 e. The number of furan rings is 1. The summed E-state index contributed by atoms with van der Waals surface area (Å²) in [6.45, 7) is 4.62. The van der Waals surface area contributed by atoms with Gasteiger partial charge in [0.1, 0.15) is 11.3 Å². The van der Waals surface area contributed by atoms with Crippen LogP contribution in [0, 0.1) is 0 Å². The molecule has 3 aromatic rings. The highest BCUT2D eigenvalue weighted by Crippen LogP contribution is 2.31. The number of nitrogens with zero attached hydrogens (tertiary/aromatic N) is 1. The molecule has 0 N–H and O–H groups in total. The molecule has 3 heteroatoms. The fourth-order valence-electron chi connectivity index (χ4n) is 3.66. The summed E-state index contributed by atoms with van der Waals surface area (Å²) < 4.78 is 6.02. The highest BCUT2D eigenvalue weighted by atomic mass is 35.5. The molecule has 1 fully saturated rings. The molecule has 1 saturated heterocycles. The zero-order valence-corrected chi connectivity index (χ0v) is 14.7. The second-order valence-corrected chi connectivity index (χ2v) is 7.13. The molecule has 2 heterocycles. The van der Waals surface area contributed by atoms with E-state index in [-0.39, 0.29) is 0 Å². The van der Waals surface area contributed by atoms with Crippen LogP contribution in [0.5, 0.6) is 0 Å². The fourth-order valence-corrected chi connectivity index (χ4v) is 3.91. The van der Waals surface area contributed by atoms with Gasteiger partial charge in [-0.25, -0.2) is 0 Å². The zero-order chi connectivity index (χ0) is 16.5. The highest BCUT2D eigenvalue weighted by molar-refractivity contribution is 6.33. The van der Waals surface area contributed by atoms with Gasteiger partial charge in [-0.2, -0.15) is 0 Å². The molecule has 2 aromatic carbocycles. The Hall–Kier alpha value is -1.77. The van der Waals surface area contributed by atoms with Crippen LogP contribution in [0.4, 0.5) is 0 Å². The lowest BCUT2D eigenvalue weighted by Gasteiger charge is -2.19. The van der Waals surface area contributed by atoms with Crippen molar-refractivity contribution in [3.63, 3.8) is 0 Å². The van der Waals surface area contributed by atoms with Crippen molar-refractivity contribution in [3.8, 4) is 11.1 Å². The summed E-state index contributed by atoms with van der Waals surface area (Å²) in [5, 5.41) is 1.93. The third kappa shape index (κ3) is 3.09. The van der Waals surface area contributed by atoms with Crippen molar-refractivity contribution < 1.29 is 4.42 Å². The molecule has 1 aliphatic rings. The summed E-state index contributed by atoms with van der Waals surface area (Å²) in [6, 6.07) is 17.1. The summed E-state index contributed by atoms with van der Waals surface area (Å²) in [5.41, 5.74) is 3.15. The fraction of sp³-hybridized carbons (Fsp3) is 0.333. The van der Waals surface area contributed by atoms with E-state index in [1.807, 2.05) is 18.2 Å². The Kier molecular flexibility index (Phi) is 4.34. The van der Waals surface area contributed by atoms with E-state index in [4.69, 9.17) is 16.0 Å². The van der Waals surface area contributed by atoms with Gasteiger partial charge in [-0.05, 0) is 56.1 Å². The Morgan fingerprint density at radius 2 is 2.04 bits per heavy atom. The van der Waals surface area contributed by atoms with Gasteiger partial charge in [0, 0.05) is 35.0 Å². The van der Waals surface area contributed by atoms with Crippen LogP contribution in [0.25, 0.3) is 22.1 Å². The van der Waals surface area contributed by atoms with Crippen molar-refractivity contribution in [2.24, 2.45) is 0 Å². The lowest BCUT2D eigenvalue weighted by atomic mass is 10.0. The molecule has 24 heavy (non-hydrogen) atoms. The minimum absolute atomic E-state index is 0.709. The van der Waals surface area contributed by atoms with Gasteiger partial charge in [0.05, 0.1) is 0 Å². The van der Waals surface area contributed by atoms with Gasteiger partial charge in [-0.1, -0.05) is 35.9 Å². The molecule has 124 valence electrons. The van der Waals surface area contributed by atoms with Crippen molar-refractivity contribution in [2.45, 2.75) is 32.2 Å². The molecule has 1 aliphatic heterocycles. The summed E-state index contributed by atoms with van der Waals surface area (Å²) in [7, 11) is 0. The standard InChI is InChI=1S/C21H22ClNO/c1-15-5-4-11-23(15)12-10-18-14-17-13-16(8-9-21(17)24-18)19-6-2-3-7-20(19)22/h2-3,6-9,13-15H,4-5,10-12H2,1H3. The van der Waals surface area contributed by atoms with E-state index in [2.05, 4.69) is 42.2 Å². The normalized spacial score (nSPS) is 18.5. The molecule has 4 rings (SSSR count). The van der Waals surface area contributed by atoms with E-state index in [0.717, 1.165) is 45.8 Å². The Balaban J connectivity index is 1.56. The minimum Gasteiger partial charge on any atom is -0.461 e. The van der Waals surface area contributed by atoms with Crippen LogP contribution in [0.1, 0.15) is 25.5 Å². The SMILES string of the molecule is CC1CCCN1CCc1cc2cc(-c3ccccc3Cl)ccc2o1. The van der Waals surface area contributed by atoms with E-state index in [0.29, 0.717) is 6.04 Å². The second kappa shape index (κ2) is 6.62. The van der Waals surface area contributed by atoms with Crippen LogP contribution in [0.15, 0.2) is 52.9 Å². The van der Waals surface area contributed by atoms with Gasteiger partial charge in [0.15, 0.2) is 0 Å². The van der Waals surface area contributed by atoms with Gasteiger partial charge < -0.3 is 9.32 Å². The summed E-state index contributed by atoms with van der Waals surface area (Å²) in [6.07, 6.45) is 3.62. The van der Waals surface area contributed by atoms with Crippen molar-refractivity contribution >= 4 is 22.6 Å². The number of hydrogen-bond donors (Lipinski definition) is 0. The van der Waals surface area contributed by atoms with Gasteiger partial charge in [-0.3, -0.25) is 0 Å². The van der Waals surface area contributed by atoms with E-state index >= 15 is 0 Å². The topological polar surface area (TPSA) is 16.4 Å². The van der Waals surface area contributed by atoms with Crippen LogP contribution in [0.2, 0.25) is 5.02 Å². The molecule has 1 atom stereocenters. The lowest BCUT2D eigenvalue weighted by molar-refractivity contribution is 0.266. The third-order valence-corrected chi connectivity index (χ3v) is 5.42. The van der Waals surface area contributed by atoms with Crippen LogP contribution in [-0.2, 0) is 6.42 Å². The van der Waals surface area contributed by atoms with Gasteiger partial charge in [0.25, 0.3) is 0 Å².